The Balaban J connectivity index is 1.94. The quantitative estimate of drug-likeness (QED) is 0.852. The summed E-state index contributed by atoms with van der Waals surface area (Å²) in [4.78, 5) is 23.5. The molecule has 4 nitrogen and oxygen atoms in total. The Labute approximate surface area is 108 Å². The van der Waals surface area contributed by atoms with E-state index in [-0.39, 0.29) is 11.5 Å². The topological polar surface area (TPSA) is 51.1 Å². The predicted octanol–water partition coefficient (Wildman–Crippen LogP) is 1.29. The zero-order chi connectivity index (χ0) is 12.4. The fraction of sp³-hybridized carbons (Fsp3) is 0.500. The molecule has 0 radical (unpaired) electrons. The number of carbonyl (C=O) groups is 1. The molecule has 1 atom stereocenters. The second-order valence-electron chi connectivity index (χ2n) is 4.43. The first-order valence-electron chi connectivity index (χ1n) is 5.67. The Morgan fingerprint density at radius 2 is 2.35 bits per heavy atom. The van der Waals surface area contributed by atoms with Gasteiger partial charge in [0.2, 0.25) is 0 Å². The second-order valence-corrected chi connectivity index (χ2v) is 5.60. The Bertz CT molecular complexity index is 480. The van der Waals surface area contributed by atoms with Crippen molar-refractivity contribution in [2.24, 2.45) is 13.0 Å². The van der Waals surface area contributed by atoms with Crippen molar-refractivity contribution in [2.45, 2.75) is 17.7 Å². The van der Waals surface area contributed by atoms with Crippen molar-refractivity contribution in [3.63, 3.8) is 0 Å². The van der Waals surface area contributed by atoms with Crippen molar-refractivity contribution in [1.29, 1.82) is 0 Å². The monoisotopic (exact) mass is 298 g/mol. The third-order valence-corrected chi connectivity index (χ3v) is 4.03. The van der Waals surface area contributed by atoms with Gasteiger partial charge in [-0.3, -0.25) is 9.59 Å². The first-order chi connectivity index (χ1) is 8.08. The highest BCUT2D eigenvalue weighted by molar-refractivity contribution is 9.09. The Morgan fingerprint density at radius 3 is 2.94 bits per heavy atom. The second kappa shape index (κ2) is 5.04. The molecule has 0 bridgehead atoms. The third-order valence-electron chi connectivity index (χ3n) is 2.96. The molecule has 1 saturated carbocycles. The number of amides is 1. The van der Waals surface area contributed by atoms with Crippen LogP contribution in [0.5, 0.6) is 0 Å². The highest BCUT2D eigenvalue weighted by Crippen LogP contribution is 2.36. The molecule has 0 aliphatic heterocycles. The molecule has 1 aliphatic rings. The maximum atomic E-state index is 11.8. The number of aryl methyl sites for hydroxylation is 1. The molecule has 0 spiro atoms. The van der Waals surface area contributed by atoms with Crippen LogP contribution < -0.4 is 10.9 Å². The van der Waals surface area contributed by atoms with Gasteiger partial charge in [-0.25, -0.2) is 0 Å². The van der Waals surface area contributed by atoms with E-state index < -0.39 is 0 Å². The summed E-state index contributed by atoms with van der Waals surface area (Å²) in [5.41, 5.74) is 0.249. The van der Waals surface area contributed by atoms with E-state index in [0.29, 0.717) is 22.9 Å². The fourth-order valence-electron chi connectivity index (χ4n) is 1.61. The van der Waals surface area contributed by atoms with Crippen molar-refractivity contribution in [1.82, 2.24) is 9.88 Å². The molecule has 92 valence electrons. The first kappa shape index (κ1) is 12.4. The summed E-state index contributed by atoms with van der Waals surface area (Å²) in [7, 11) is 1.66. The Kier molecular flexibility index (Phi) is 3.66. The van der Waals surface area contributed by atoms with Gasteiger partial charge >= 0.3 is 0 Å². The average Bonchev–Trinajstić information content (AvgIpc) is 3.13. The molecule has 17 heavy (non-hydrogen) atoms. The minimum Gasteiger partial charge on any atom is -0.351 e. The molecule has 1 fully saturated rings. The largest absolute Gasteiger partial charge is 0.351 e. The zero-order valence-electron chi connectivity index (χ0n) is 9.65. The zero-order valence-corrected chi connectivity index (χ0v) is 11.2. The number of hydrogen-bond donors (Lipinski definition) is 1. The van der Waals surface area contributed by atoms with Crippen LogP contribution in [0, 0.1) is 5.92 Å². The van der Waals surface area contributed by atoms with Gasteiger partial charge in [0, 0.05) is 36.2 Å². The van der Waals surface area contributed by atoms with Crippen molar-refractivity contribution in [2.75, 3.05) is 6.54 Å². The van der Waals surface area contributed by atoms with E-state index >= 15 is 0 Å². The smallest absolute Gasteiger partial charge is 0.251 e. The lowest BCUT2D eigenvalue weighted by molar-refractivity contribution is 0.0953. The van der Waals surface area contributed by atoms with Gasteiger partial charge < -0.3 is 9.88 Å². The summed E-state index contributed by atoms with van der Waals surface area (Å²) < 4.78 is 1.44. The summed E-state index contributed by atoms with van der Waals surface area (Å²) in [6, 6.07) is 3.01. The number of alkyl halides is 1. The molecule has 5 heteroatoms. The number of nitrogens with one attached hydrogen (secondary N) is 1. The van der Waals surface area contributed by atoms with E-state index in [1.807, 2.05) is 0 Å². The summed E-state index contributed by atoms with van der Waals surface area (Å²) in [6.45, 7) is 0.610. The molecule has 0 saturated heterocycles. The number of halogens is 1. The van der Waals surface area contributed by atoms with Gasteiger partial charge in [-0.05, 0) is 24.8 Å². The van der Waals surface area contributed by atoms with Crippen LogP contribution in [-0.2, 0) is 7.05 Å². The number of nitrogens with zero attached hydrogens (tertiary/aromatic N) is 1. The number of pyridine rings is 1. The van der Waals surface area contributed by atoms with E-state index in [0.717, 1.165) is 0 Å². The van der Waals surface area contributed by atoms with Crippen LogP contribution in [0.15, 0.2) is 23.1 Å². The maximum Gasteiger partial charge on any atom is 0.251 e. The molecular weight excluding hydrogens is 284 g/mol. The third kappa shape index (κ3) is 3.19. The van der Waals surface area contributed by atoms with E-state index in [9.17, 15) is 9.59 Å². The van der Waals surface area contributed by atoms with Gasteiger partial charge in [0.05, 0.1) is 0 Å². The number of carbonyl (C=O) groups excluding carboxylic acids is 1. The van der Waals surface area contributed by atoms with Crippen LogP contribution >= 0.6 is 15.9 Å². The van der Waals surface area contributed by atoms with E-state index in [4.69, 9.17) is 0 Å². The molecule has 1 amide bonds. The summed E-state index contributed by atoms with van der Waals surface area (Å²) >= 11 is 3.55. The average molecular weight is 299 g/mol. The Morgan fingerprint density at radius 1 is 1.65 bits per heavy atom. The van der Waals surface area contributed by atoms with Crippen molar-refractivity contribution in [3.8, 4) is 0 Å². The van der Waals surface area contributed by atoms with E-state index in [1.165, 1.54) is 23.5 Å². The highest BCUT2D eigenvalue weighted by Gasteiger charge is 2.29. The summed E-state index contributed by atoms with van der Waals surface area (Å²) in [5.74, 6) is 0.506. The molecule has 1 aromatic heterocycles. The molecule has 1 aromatic rings. The van der Waals surface area contributed by atoms with Gasteiger partial charge in [-0.15, -0.1) is 0 Å². The van der Waals surface area contributed by atoms with Crippen LogP contribution in [0.2, 0.25) is 0 Å². The van der Waals surface area contributed by atoms with E-state index in [1.54, 1.807) is 19.3 Å². The lowest BCUT2D eigenvalue weighted by Gasteiger charge is -2.10. The normalized spacial score (nSPS) is 16.6. The lowest BCUT2D eigenvalue weighted by atomic mass is 10.2. The summed E-state index contributed by atoms with van der Waals surface area (Å²) in [5, 5.41) is 2.83. The SMILES string of the molecule is Cn1ccc(C(=O)NCC(Br)C2CC2)cc1=O. The lowest BCUT2D eigenvalue weighted by Crippen LogP contribution is -2.31. The molecule has 0 aromatic carbocycles. The van der Waals surface area contributed by atoms with Gasteiger partial charge in [-0.2, -0.15) is 0 Å². The summed E-state index contributed by atoms with van der Waals surface area (Å²) in [6.07, 6.45) is 4.07. The molecule has 1 aliphatic carbocycles. The van der Waals surface area contributed by atoms with Gasteiger partial charge in [-0.1, -0.05) is 15.9 Å². The number of rotatable bonds is 4. The van der Waals surface area contributed by atoms with Crippen molar-refractivity contribution < 1.29 is 4.79 Å². The standard InChI is InChI=1S/C12H15BrN2O2/c1-15-5-4-9(6-11(15)16)12(17)14-7-10(13)8-2-3-8/h4-6,8,10H,2-3,7H2,1H3,(H,14,17). The number of aromatic nitrogens is 1. The molecule has 1 heterocycles. The van der Waals surface area contributed by atoms with Crippen LogP contribution in [0.4, 0.5) is 0 Å². The van der Waals surface area contributed by atoms with Gasteiger partial charge in [0.15, 0.2) is 0 Å². The molecule has 1 unspecified atom stereocenters. The minimum atomic E-state index is -0.187. The fourth-order valence-corrected chi connectivity index (χ4v) is 2.30. The van der Waals surface area contributed by atoms with Crippen molar-refractivity contribution in [3.05, 3.63) is 34.2 Å². The molecule has 2 rings (SSSR count). The van der Waals surface area contributed by atoms with Crippen LogP contribution in [0.1, 0.15) is 23.2 Å². The van der Waals surface area contributed by atoms with Gasteiger partial charge in [0.1, 0.15) is 0 Å². The molecular formula is C12H15BrN2O2. The van der Waals surface area contributed by atoms with Crippen LogP contribution in [0.25, 0.3) is 0 Å². The van der Waals surface area contributed by atoms with Crippen LogP contribution in [0.3, 0.4) is 0 Å². The van der Waals surface area contributed by atoms with Crippen molar-refractivity contribution >= 4 is 21.8 Å². The minimum absolute atomic E-state index is 0.171. The number of hydrogen-bond acceptors (Lipinski definition) is 2. The predicted molar refractivity (Wildman–Crippen MR) is 69.5 cm³/mol. The first-order valence-corrected chi connectivity index (χ1v) is 6.58. The maximum absolute atomic E-state index is 11.8. The molecule has 1 N–H and O–H groups in total. The van der Waals surface area contributed by atoms with Crippen LogP contribution in [-0.4, -0.2) is 21.8 Å². The Hall–Kier alpha value is -1.10. The highest BCUT2D eigenvalue weighted by atomic mass is 79.9. The van der Waals surface area contributed by atoms with E-state index in [2.05, 4.69) is 21.2 Å². The van der Waals surface area contributed by atoms with Gasteiger partial charge in [0.25, 0.3) is 11.5 Å².